The second kappa shape index (κ2) is 10.6. The number of nitrogens with one attached hydrogen (secondary N) is 1. The van der Waals surface area contributed by atoms with Gasteiger partial charge in [-0.15, -0.1) is 0 Å². The summed E-state index contributed by atoms with van der Waals surface area (Å²) in [5.41, 5.74) is 0.402. The molecule has 0 heterocycles. The van der Waals surface area contributed by atoms with Gasteiger partial charge in [0.25, 0.3) is 0 Å². The van der Waals surface area contributed by atoms with E-state index in [2.05, 4.69) is 10.1 Å². The maximum Gasteiger partial charge on any atom is 0.387 e. The zero-order chi connectivity index (χ0) is 19.6. The molecule has 0 spiro atoms. The van der Waals surface area contributed by atoms with Crippen molar-refractivity contribution < 1.29 is 27.8 Å². The molecule has 2 aromatic carbocycles. The Hall–Kier alpha value is -2.54. The van der Waals surface area contributed by atoms with Gasteiger partial charge in [0.1, 0.15) is 17.2 Å². The van der Waals surface area contributed by atoms with E-state index >= 15 is 0 Å². The van der Waals surface area contributed by atoms with E-state index in [1.807, 2.05) is 19.1 Å². The Morgan fingerprint density at radius 2 is 1.78 bits per heavy atom. The quantitative estimate of drug-likeness (QED) is 0.562. The van der Waals surface area contributed by atoms with Crippen LogP contribution in [0.4, 0.5) is 14.5 Å². The maximum absolute atomic E-state index is 12.2. The third-order valence-electron chi connectivity index (χ3n) is 3.38. The summed E-state index contributed by atoms with van der Waals surface area (Å²) in [6, 6.07) is 11.3. The first-order chi connectivity index (χ1) is 13.0. The highest BCUT2D eigenvalue weighted by atomic mass is 35.5. The number of hydrogen-bond acceptors (Lipinski definition) is 4. The zero-order valence-corrected chi connectivity index (χ0v) is 15.5. The number of amides is 1. The van der Waals surface area contributed by atoms with Gasteiger partial charge >= 0.3 is 6.61 Å². The molecule has 0 fully saturated rings. The predicted octanol–water partition coefficient (Wildman–Crippen LogP) is 5.14. The van der Waals surface area contributed by atoms with E-state index in [9.17, 15) is 13.6 Å². The van der Waals surface area contributed by atoms with E-state index in [1.54, 1.807) is 12.1 Å². The Kier molecular flexibility index (Phi) is 8.13. The van der Waals surface area contributed by atoms with Crippen LogP contribution in [-0.4, -0.2) is 25.7 Å². The van der Waals surface area contributed by atoms with Gasteiger partial charge in [-0.2, -0.15) is 8.78 Å². The highest BCUT2D eigenvalue weighted by molar-refractivity contribution is 6.32. The number of benzene rings is 2. The van der Waals surface area contributed by atoms with Crippen LogP contribution in [0.15, 0.2) is 42.5 Å². The summed E-state index contributed by atoms with van der Waals surface area (Å²) in [6.07, 6.45) is 0.753. The Morgan fingerprint density at radius 3 is 2.37 bits per heavy atom. The van der Waals surface area contributed by atoms with Crippen molar-refractivity contribution in [2.45, 2.75) is 26.4 Å². The van der Waals surface area contributed by atoms with E-state index in [0.717, 1.165) is 5.75 Å². The Labute approximate surface area is 161 Å². The lowest BCUT2D eigenvalue weighted by molar-refractivity contribution is -0.116. The average Bonchev–Trinajstić information content (AvgIpc) is 2.62. The highest BCUT2D eigenvalue weighted by Crippen LogP contribution is 2.29. The number of hydrogen-bond donors (Lipinski definition) is 1. The molecule has 0 radical (unpaired) electrons. The minimum atomic E-state index is -2.96. The topological polar surface area (TPSA) is 56.8 Å². The van der Waals surface area contributed by atoms with Gasteiger partial charge in [0, 0.05) is 12.1 Å². The van der Waals surface area contributed by atoms with Crippen LogP contribution in [0.2, 0.25) is 5.02 Å². The molecule has 0 bridgehead atoms. The molecule has 27 heavy (non-hydrogen) atoms. The van der Waals surface area contributed by atoms with Gasteiger partial charge in [-0.05, 0) is 55.8 Å². The van der Waals surface area contributed by atoms with Crippen LogP contribution in [0.5, 0.6) is 17.2 Å². The standard InChI is InChI=1S/C19H20ClF2NO4/c1-2-25-14-6-8-15(9-7-14)26-11-3-4-18(24)23-13-5-10-17(16(20)12-13)27-19(21)22/h5-10,12,19H,2-4,11H2,1H3,(H,23,24). The van der Waals surface area contributed by atoms with Crippen molar-refractivity contribution in [1.29, 1.82) is 0 Å². The van der Waals surface area contributed by atoms with Crippen molar-refractivity contribution in [3.05, 3.63) is 47.5 Å². The second-order valence-electron chi connectivity index (χ2n) is 5.43. The fourth-order valence-electron chi connectivity index (χ4n) is 2.22. The number of halogens is 3. The molecule has 0 aliphatic rings. The molecule has 0 saturated carbocycles. The van der Waals surface area contributed by atoms with Crippen LogP contribution in [0, 0.1) is 0 Å². The summed E-state index contributed by atoms with van der Waals surface area (Å²) in [5, 5.41) is 2.64. The van der Waals surface area contributed by atoms with Crippen molar-refractivity contribution >= 4 is 23.2 Å². The summed E-state index contributed by atoms with van der Waals surface area (Å²) in [7, 11) is 0. The fraction of sp³-hybridized carbons (Fsp3) is 0.316. The maximum atomic E-state index is 12.2. The van der Waals surface area contributed by atoms with Gasteiger partial charge in [0.05, 0.1) is 18.2 Å². The van der Waals surface area contributed by atoms with Crippen molar-refractivity contribution in [3.63, 3.8) is 0 Å². The molecule has 2 rings (SSSR count). The molecule has 0 atom stereocenters. The Morgan fingerprint density at radius 1 is 1.11 bits per heavy atom. The molecule has 146 valence electrons. The molecular weight excluding hydrogens is 380 g/mol. The Balaban J connectivity index is 1.72. The lowest BCUT2D eigenvalue weighted by Gasteiger charge is -2.10. The van der Waals surface area contributed by atoms with Gasteiger partial charge in [0.15, 0.2) is 0 Å². The molecule has 1 N–H and O–H groups in total. The third-order valence-corrected chi connectivity index (χ3v) is 3.68. The van der Waals surface area contributed by atoms with Gasteiger partial charge in [-0.3, -0.25) is 4.79 Å². The summed E-state index contributed by atoms with van der Waals surface area (Å²) < 4.78 is 39.5. The second-order valence-corrected chi connectivity index (χ2v) is 5.84. The lowest BCUT2D eigenvalue weighted by Crippen LogP contribution is -2.13. The van der Waals surface area contributed by atoms with Gasteiger partial charge in [-0.1, -0.05) is 11.6 Å². The monoisotopic (exact) mass is 399 g/mol. The number of anilines is 1. The normalized spacial score (nSPS) is 10.6. The van der Waals surface area contributed by atoms with Crippen LogP contribution in [0.1, 0.15) is 19.8 Å². The minimum absolute atomic E-state index is 0.00747. The highest BCUT2D eigenvalue weighted by Gasteiger charge is 2.10. The van der Waals surface area contributed by atoms with Crippen molar-refractivity contribution in [3.8, 4) is 17.2 Å². The molecule has 0 saturated heterocycles. The first kappa shape index (κ1) is 20.8. The number of rotatable bonds is 10. The summed E-state index contributed by atoms with van der Waals surface area (Å²) in [6.45, 7) is -0.0702. The van der Waals surface area contributed by atoms with Crippen molar-refractivity contribution in [1.82, 2.24) is 0 Å². The predicted molar refractivity (Wildman–Crippen MR) is 99.1 cm³/mol. The summed E-state index contributed by atoms with van der Waals surface area (Å²) in [5.74, 6) is 1.09. The van der Waals surface area contributed by atoms with Crippen LogP contribution < -0.4 is 19.5 Å². The molecule has 0 aliphatic heterocycles. The largest absolute Gasteiger partial charge is 0.494 e. The fourth-order valence-corrected chi connectivity index (χ4v) is 2.44. The number of carbonyl (C=O) groups excluding carboxylic acids is 1. The van der Waals surface area contributed by atoms with Crippen molar-refractivity contribution in [2.75, 3.05) is 18.5 Å². The van der Waals surface area contributed by atoms with E-state index in [1.165, 1.54) is 18.2 Å². The number of ether oxygens (including phenoxy) is 3. The SMILES string of the molecule is CCOc1ccc(OCCCC(=O)Nc2ccc(OC(F)F)c(Cl)c2)cc1. The van der Waals surface area contributed by atoms with Crippen LogP contribution in [0.25, 0.3) is 0 Å². The summed E-state index contributed by atoms with van der Waals surface area (Å²) >= 11 is 5.84. The van der Waals surface area contributed by atoms with E-state index < -0.39 is 6.61 Å². The first-order valence-corrected chi connectivity index (χ1v) is 8.75. The zero-order valence-electron chi connectivity index (χ0n) is 14.7. The molecule has 0 unspecified atom stereocenters. The van der Waals surface area contributed by atoms with Crippen LogP contribution >= 0.6 is 11.6 Å². The smallest absolute Gasteiger partial charge is 0.387 e. The van der Waals surface area contributed by atoms with E-state index in [4.69, 9.17) is 21.1 Å². The van der Waals surface area contributed by atoms with Gasteiger partial charge < -0.3 is 19.5 Å². The van der Waals surface area contributed by atoms with Crippen molar-refractivity contribution in [2.24, 2.45) is 0 Å². The average molecular weight is 400 g/mol. The molecular formula is C19H20ClF2NO4. The van der Waals surface area contributed by atoms with E-state index in [-0.39, 0.29) is 23.1 Å². The number of alkyl halides is 2. The molecule has 0 aliphatic carbocycles. The first-order valence-electron chi connectivity index (χ1n) is 8.38. The third kappa shape index (κ3) is 7.30. The minimum Gasteiger partial charge on any atom is -0.494 e. The van der Waals surface area contributed by atoms with E-state index in [0.29, 0.717) is 31.1 Å². The van der Waals surface area contributed by atoms with Gasteiger partial charge in [-0.25, -0.2) is 0 Å². The molecule has 2 aromatic rings. The molecule has 8 heteroatoms. The lowest BCUT2D eigenvalue weighted by atomic mass is 10.2. The van der Waals surface area contributed by atoms with Crippen LogP contribution in [0.3, 0.4) is 0 Å². The molecule has 0 aromatic heterocycles. The molecule has 1 amide bonds. The Bertz CT molecular complexity index is 741. The van der Waals surface area contributed by atoms with Gasteiger partial charge in [0.2, 0.25) is 5.91 Å². The summed E-state index contributed by atoms with van der Waals surface area (Å²) in [4.78, 5) is 11.9. The van der Waals surface area contributed by atoms with Crippen LogP contribution in [-0.2, 0) is 4.79 Å². The number of carbonyl (C=O) groups is 1. The molecule has 5 nitrogen and oxygen atoms in total.